The Morgan fingerprint density at radius 2 is 1.67 bits per heavy atom. The second-order valence-corrected chi connectivity index (χ2v) is 12.2. The minimum Gasteiger partial charge on any atom is -0.497 e. The molecule has 4 aromatic rings. The molecule has 0 bridgehead atoms. The van der Waals surface area contributed by atoms with Crippen LogP contribution in [0.2, 0.25) is 15.1 Å². The van der Waals surface area contributed by atoms with Crippen LogP contribution >= 0.6 is 34.8 Å². The van der Waals surface area contributed by atoms with Crippen LogP contribution in [0.15, 0.2) is 94.2 Å². The van der Waals surface area contributed by atoms with Gasteiger partial charge in [-0.25, -0.2) is 0 Å². The number of azo groups is 1. The van der Waals surface area contributed by atoms with Gasteiger partial charge < -0.3 is 20.1 Å². The van der Waals surface area contributed by atoms with Crippen molar-refractivity contribution in [3.8, 4) is 11.5 Å². The highest BCUT2D eigenvalue weighted by atomic mass is 35.5. The number of aryl methyl sites for hydroxylation is 2. The van der Waals surface area contributed by atoms with Gasteiger partial charge in [0.15, 0.2) is 5.84 Å². The van der Waals surface area contributed by atoms with E-state index in [0.717, 1.165) is 16.1 Å². The van der Waals surface area contributed by atoms with Crippen molar-refractivity contribution < 1.29 is 23.9 Å². The van der Waals surface area contributed by atoms with Crippen LogP contribution in [0.25, 0.3) is 0 Å². The van der Waals surface area contributed by atoms with Crippen molar-refractivity contribution >= 4 is 69.7 Å². The Kier molecular flexibility index (Phi) is 11.2. The van der Waals surface area contributed by atoms with E-state index >= 15 is 0 Å². The first-order chi connectivity index (χ1) is 23.5. The molecule has 0 fully saturated rings. The number of hydrogen-bond acceptors (Lipinski definition) is 8. The molecular weight excluding hydrogens is 691 g/mol. The second kappa shape index (κ2) is 15.5. The molecule has 2 unspecified atom stereocenters. The number of likely N-dealkylation sites (N-methyl/N-ethyl adjacent to an activating group) is 1. The number of anilines is 1. The van der Waals surface area contributed by atoms with Crippen molar-refractivity contribution in [2.75, 3.05) is 18.7 Å². The number of methoxy groups -OCH3 is 1. The number of amides is 3. The second-order valence-electron chi connectivity index (χ2n) is 10.9. The number of benzene rings is 4. The average molecular weight is 722 g/mol. The number of amidine groups is 1. The van der Waals surface area contributed by atoms with E-state index in [4.69, 9.17) is 44.3 Å². The Morgan fingerprint density at radius 3 is 2.33 bits per heavy atom. The van der Waals surface area contributed by atoms with Crippen molar-refractivity contribution in [2.45, 2.75) is 32.9 Å². The topological polar surface area (TPSA) is 134 Å². The molecule has 11 nitrogen and oxygen atoms in total. The van der Waals surface area contributed by atoms with Gasteiger partial charge in [0.25, 0.3) is 17.7 Å². The molecule has 0 aliphatic carbocycles. The third-order valence-corrected chi connectivity index (χ3v) is 8.15. The minimum absolute atomic E-state index is 0.0587. The Bertz CT molecular complexity index is 1940. The maximum Gasteiger partial charge on any atom is 0.282 e. The summed E-state index contributed by atoms with van der Waals surface area (Å²) in [6, 6.07) is 20.2. The molecule has 49 heavy (non-hydrogen) atoms. The maximum absolute atomic E-state index is 13.7. The molecule has 2 N–H and O–H groups in total. The van der Waals surface area contributed by atoms with Crippen LogP contribution in [-0.2, 0) is 9.59 Å². The molecule has 4 aromatic carbocycles. The fourth-order valence-electron chi connectivity index (χ4n) is 4.99. The van der Waals surface area contributed by atoms with Gasteiger partial charge in [-0.2, -0.15) is 15.2 Å². The predicted molar refractivity (Wildman–Crippen MR) is 190 cm³/mol. The highest BCUT2D eigenvalue weighted by Crippen LogP contribution is 2.39. The lowest BCUT2D eigenvalue weighted by Gasteiger charge is -2.21. The molecule has 2 atom stereocenters. The molecule has 0 saturated carbocycles. The SMILES string of the molecule is CCNC(=O)C(Oc1cccc(C(=O)NC2=NN(c3c(Cl)cc(Cl)cc3Cl)C(=O)C2N=Nc2ccc(OC)cc2)c1)c1ccc(C)cc1C. The summed E-state index contributed by atoms with van der Waals surface area (Å²) in [5, 5.41) is 19.6. The molecule has 5 rings (SSSR count). The first-order valence-corrected chi connectivity index (χ1v) is 16.2. The zero-order valence-corrected chi connectivity index (χ0v) is 29.1. The molecule has 1 aliphatic rings. The molecule has 0 radical (unpaired) electrons. The van der Waals surface area contributed by atoms with Gasteiger partial charge in [0, 0.05) is 22.7 Å². The average Bonchev–Trinajstić information content (AvgIpc) is 3.36. The van der Waals surface area contributed by atoms with E-state index in [-0.39, 0.29) is 43.8 Å². The molecular formula is C35H31Cl3N6O5. The van der Waals surface area contributed by atoms with E-state index in [9.17, 15) is 14.4 Å². The standard InChI is InChI=1S/C35H31Cl3N6O5/c1-5-39-34(46)31(26-14-9-19(2)15-20(26)3)49-25-8-6-7-21(16-25)33(45)40-32-29(42-41-23-10-12-24(48-4)13-11-23)35(47)44(43-32)30-27(37)17-22(36)18-28(30)38/h6-18,29,31H,5H2,1-4H3,(H,39,46)(H,40,43,45). The van der Waals surface area contributed by atoms with Gasteiger partial charge in [-0.3, -0.25) is 14.4 Å². The number of hydrazone groups is 1. The van der Waals surface area contributed by atoms with Crippen LogP contribution in [0.5, 0.6) is 11.5 Å². The minimum atomic E-state index is -1.36. The number of carbonyl (C=O) groups is 3. The van der Waals surface area contributed by atoms with Crippen LogP contribution in [0.3, 0.4) is 0 Å². The molecule has 14 heteroatoms. The third kappa shape index (κ3) is 8.19. The van der Waals surface area contributed by atoms with Crippen LogP contribution in [0, 0.1) is 13.8 Å². The van der Waals surface area contributed by atoms with Crippen molar-refractivity contribution in [1.82, 2.24) is 10.6 Å². The summed E-state index contributed by atoms with van der Waals surface area (Å²) < 4.78 is 11.4. The van der Waals surface area contributed by atoms with Crippen molar-refractivity contribution in [3.05, 3.63) is 116 Å². The lowest BCUT2D eigenvalue weighted by molar-refractivity contribution is -0.128. The summed E-state index contributed by atoms with van der Waals surface area (Å²) in [5.74, 6) is -0.873. The van der Waals surface area contributed by atoms with Crippen LogP contribution in [0.4, 0.5) is 11.4 Å². The fraction of sp³-hybridized carbons (Fsp3) is 0.200. The fourth-order valence-corrected chi connectivity index (χ4v) is 5.97. The molecule has 0 saturated heterocycles. The number of ether oxygens (including phenoxy) is 2. The number of nitrogens with zero attached hydrogens (tertiary/aromatic N) is 4. The van der Waals surface area contributed by atoms with Crippen LogP contribution in [-0.4, -0.2) is 43.3 Å². The lowest BCUT2D eigenvalue weighted by Crippen LogP contribution is -2.39. The highest BCUT2D eigenvalue weighted by molar-refractivity contribution is 6.43. The number of halogens is 3. The van der Waals surface area contributed by atoms with E-state index in [1.807, 2.05) is 39.0 Å². The zero-order valence-electron chi connectivity index (χ0n) is 26.8. The lowest BCUT2D eigenvalue weighted by atomic mass is 10.0. The normalized spacial score (nSPS) is 14.8. The van der Waals surface area contributed by atoms with Crippen molar-refractivity contribution in [2.24, 2.45) is 15.3 Å². The van der Waals surface area contributed by atoms with Gasteiger partial charge in [-0.05, 0) is 80.9 Å². The Labute approximate surface area is 297 Å². The summed E-state index contributed by atoms with van der Waals surface area (Å²) in [6.07, 6.45) is -0.971. The first kappa shape index (κ1) is 35.3. The number of hydrogen-bond donors (Lipinski definition) is 2. The molecule has 252 valence electrons. The van der Waals surface area contributed by atoms with Crippen LogP contribution in [0.1, 0.15) is 40.1 Å². The Balaban J connectivity index is 1.45. The monoisotopic (exact) mass is 720 g/mol. The summed E-state index contributed by atoms with van der Waals surface area (Å²) in [5.41, 5.74) is 3.27. The smallest absolute Gasteiger partial charge is 0.282 e. The molecule has 0 aromatic heterocycles. The maximum atomic E-state index is 13.7. The number of rotatable bonds is 10. The summed E-state index contributed by atoms with van der Waals surface area (Å²) >= 11 is 18.9. The third-order valence-electron chi connectivity index (χ3n) is 7.35. The van der Waals surface area contributed by atoms with Gasteiger partial charge in [-0.15, -0.1) is 5.10 Å². The predicted octanol–water partition coefficient (Wildman–Crippen LogP) is 7.77. The van der Waals surface area contributed by atoms with E-state index in [1.165, 1.54) is 25.3 Å². The van der Waals surface area contributed by atoms with E-state index in [1.54, 1.807) is 42.5 Å². The summed E-state index contributed by atoms with van der Waals surface area (Å²) in [6.45, 7) is 6.10. The van der Waals surface area contributed by atoms with Crippen molar-refractivity contribution in [3.63, 3.8) is 0 Å². The van der Waals surface area contributed by atoms with E-state index in [2.05, 4.69) is 26.0 Å². The Hall–Kier alpha value is -4.97. The zero-order chi connectivity index (χ0) is 35.2. The molecule has 1 aliphatic heterocycles. The van der Waals surface area contributed by atoms with Gasteiger partial charge in [0.1, 0.15) is 17.2 Å². The largest absolute Gasteiger partial charge is 0.497 e. The quantitative estimate of drug-likeness (QED) is 0.162. The summed E-state index contributed by atoms with van der Waals surface area (Å²) in [7, 11) is 1.54. The van der Waals surface area contributed by atoms with Gasteiger partial charge in [-0.1, -0.05) is 64.6 Å². The first-order valence-electron chi connectivity index (χ1n) is 15.0. The van der Waals surface area contributed by atoms with E-state index in [0.29, 0.717) is 23.5 Å². The highest BCUT2D eigenvalue weighted by Gasteiger charge is 2.40. The Morgan fingerprint density at radius 1 is 0.959 bits per heavy atom. The summed E-state index contributed by atoms with van der Waals surface area (Å²) in [4.78, 5) is 40.4. The molecule has 0 spiro atoms. The number of nitrogens with one attached hydrogen (secondary N) is 2. The van der Waals surface area contributed by atoms with E-state index < -0.39 is 24.0 Å². The van der Waals surface area contributed by atoms with Crippen molar-refractivity contribution in [1.29, 1.82) is 0 Å². The molecule has 1 heterocycles. The molecule has 3 amide bonds. The van der Waals surface area contributed by atoms with Gasteiger partial charge >= 0.3 is 0 Å². The van der Waals surface area contributed by atoms with Gasteiger partial charge in [0.05, 0.1) is 22.8 Å². The van der Waals surface area contributed by atoms with Crippen LogP contribution < -0.4 is 25.1 Å². The van der Waals surface area contributed by atoms with Gasteiger partial charge in [0.2, 0.25) is 12.1 Å². The number of carbonyl (C=O) groups excluding carboxylic acids is 3.